The van der Waals surface area contributed by atoms with Gasteiger partial charge in [-0.2, -0.15) is 0 Å². The minimum Gasteiger partial charge on any atom is -0.497 e. The molecule has 5 heteroatoms. The SMILES string of the molecule is CCC(=O)c1ccc(O[C@@H](C)C(=O)NCc2ccc(OC)cc2)cc1. The van der Waals surface area contributed by atoms with E-state index < -0.39 is 6.10 Å². The highest BCUT2D eigenvalue weighted by atomic mass is 16.5. The standard InChI is InChI=1S/C20H23NO4/c1-4-19(22)16-7-11-18(12-8-16)25-14(2)20(23)21-13-15-5-9-17(24-3)10-6-15/h5-12,14H,4,13H2,1-3H3,(H,21,23)/t14-/m0/s1. The third-order valence-electron chi connectivity index (χ3n) is 3.81. The molecule has 0 bridgehead atoms. The Morgan fingerprint density at radius 1 is 1.00 bits per heavy atom. The number of carbonyl (C=O) groups is 2. The molecule has 1 amide bonds. The van der Waals surface area contributed by atoms with Crippen LogP contribution in [0.1, 0.15) is 36.2 Å². The van der Waals surface area contributed by atoms with E-state index in [1.165, 1.54) is 0 Å². The normalized spacial score (nSPS) is 11.5. The molecule has 1 atom stereocenters. The topological polar surface area (TPSA) is 64.6 Å². The van der Waals surface area contributed by atoms with Crippen molar-refractivity contribution in [1.82, 2.24) is 5.32 Å². The minimum absolute atomic E-state index is 0.0804. The van der Waals surface area contributed by atoms with Crippen molar-refractivity contribution in [2.75, 3.05) is 7.11 Å². The summed E-state index contributed by atoms with van der Waals surface area (Å²) < 4.78 is 10.7. The molecule has 0 aromatic heterocycles. The van der Waals surface area contributed by atoms with Gasteiger partial charge in [0, 0.05) is 18.5 Å². The molecule has 0 saturated carbocycles. The molecule has 0 unspecified atom stereocenters. The fraction of sp³-hybridized carbons (Fsp3) is 0.300. The van der Waals surface area contributed by atoms with E-state index in [2.05, 4.69) is 5.32 Å². The van der Waals surface area contributed by atoms with Crippen LogP contribution >= 0.6 is 0 Å². The molecule has 132 valence electrons. The highest BCUT2D eigenvalue weighted by molar-refractivity contribution is 5.95. The third-order valence-corrected chi connectivity index (χ3v) is 3.81. The Balaban J connectivity index is 1.85. The number of Topliss-reactive ketones (excluding diaryl/α,β-unsaturated/α-hetero) is 1. The zero-order valence-corrected chi connectivity index (χ0v) is 14.7. The van der Waals surface area contributed by atoms with E-state index in [9.17, 15) is 9.59 Å². The molecule has 0 saturated heterocycles. The molecule has 1 N–H and O–H groups in total. The lowest BCUT2D eigenvalue weighted by Gasteiger charge is -2.15. The minimum atomic E-state index is -0.633. The van der Waals surface area contributed by atoms with Crippen molar-refractivity contribution in [3.63, 3.8) is 0 Å². The largest absolute Gasteiger partial charge is 0.497 e. The molecule has 0 aliphatic rings. The molecule has 0 spiro atoms. The first-order valence-corrected chi connectivity index (χ1v) is 8.24. The number of ether oxygens (including phenoxy) is 2. The molecule has 0 radical (unpaired) electrons. The number of rotatable bonds is 8. The Kier molecular flexibility index (Phi) is 6.57. The second-order valence-electron chi connectivity index (χ2n) is 5.63. The maximum atomic E-state index is 12.2. The lowest BCUT2D eigenvalue weighted by Crippen LogP contribution is -2.35. The van der Waals surface area contributed by atoms with Gasteiger partial charge in [0.05, 0.1) is 7.11 Å². The second kappa shape index (κ2) is 8.87. The van der Waals surface area contributed by atoms with Crippen LogP contribution in [-0.2, 0) is 11.3 Å². The van der Waals surface area contributed by atoms with Gasteiger partial charge in [-0.15, -0.1) is 0 Å². The Morgan fingerprint density at radius 2 is 1.60 bits per heavy atom. The molecule has 2 aromatic rings. The summed E-state index contributed by atoms with van der Waals surface area (Å²) in [6.45, 7) is 3.93. The van der Waals surface area contributed by atoms with Crippen LogP contribution in [0.3, 0.4) is 0 Å². The fourth-order valence-corrected chi connectivity index (χ4v) is 2.26. The summed E-state index contributed by atoms with van der Waals surface area (Å²) in [7, 11) is 1.61. The van der Waals surface area contributed by atoms with Gasteiger partial charge < -0.3 is 14.8 Å². The fourth-order valence-electron chi connectivity index (χ4n) is 2.26. The van der Waals surface area contributed by atoms with E-state index in [0.29, 0.717) is 24.3 Å². The van der Waals surface area contributed by atoms with E-state index in [1.54, 1.807) is 38.3 Å². The molecule has 0 aliphatic heterocycles. The Morgan fingerprint density at radius 3 is 2.16 bits per heavy atom. The molecular weight excluding hydrogens is 318 g/mol. The van der Waals surface area contributed by atoms with E-state index in [1.807, 2.05) is 31.2 Å². The number of methoxy groups -OCH3 is 1. The Hall–Kier alpha value is -2.82. The van der Waals surface area contributed by atoms with Crippen molar-refractivity contribution in [2.45, 2.75) is 32.9 Å². The lowest BCUT2D eigenvalue weighted by atomic mass is 10.1. The third kappa shape index (κ3) is 5.35. The molecule has 2 rings (SSSR count). The summed E-state index contributed by atoms with van der Waals surface area (Å²) in [6, 6.07) is 14.3. The summed E-state index contributed by atoms with van der Waals surface area (Å²) in [5.41, 5.74) is 1.62. The van der Waals surface area contributed by atoms with E-state index >= 15 is 0 Å². The maximum absolute atomic E-state index is 12.2. The van der Waals surface area contributed by atoms with Crippen LogP contribution in [0.4, 0.5) is 0 Å². The number of amides is 1. The van der Waals surface area contributed by atoms with Crippen molar-refractivity contribution >= 4 is 11.7 Å². The number of ketones is 1. The molecular formula is C20H23NO4. The maximum Gasteiger partial charge on any atom is 0.261 e. The number of carbonyl (C=O) groups excluding carboxylic acids is 2. The van der Waals surface area contributed by atoms with Crippen molar-refractivity contribution in [1.29, 1.82) is 0 Å². The number of benzene rings is 2. The molecule has 0 fully saturated rings. The molecule has 5 nitrogen and oxygen atoms in total. The first-order valence-electron chi connectivity index (χ1n) is 8.24. The zero-order valence-electron chi connectivity index (χ0n) is 14.7. The van der Waals surface area contributed by atoms with Gasteiger partial charge in [0.25, 0.3) is 5.91 Å². The van der Waals surface area contributed by atoms with Gasteiger partial charge in [0.2, 0.25) is 0 Å². The number of hydrogen-bond acceptors (Lipinski definition) is 4. The van der Waals surface area contributed by atoms with Crippen LogP contribution in [0.5, 0.6) is 11.5 Å². The van der Waals surface area contributed by atoms with Crippen LogP contribution in [0, 0.1) is 0 Å². The van der Waals surface area contributed by atoms with Crippen molar-refractivity contribution in [2.24, 2.45) is 0 Å². The average Bonchev–Trinajstić information content (AvgIpc) is 2.66. The highest BCUT2D eigenvalue weighted by Crippen LogP contribution is 2.15. The van der Waals surface area contributed by atoms with Crippen molar-refractivity contribution in [3.05, 3.63) is 59.7 Å². The monoisotopic (exact) mass is 341 g/mol. The first-order chi connectivity index (χ1) is 12.0. The highest BCUT2D eigenvalue weighted by Gasteiger charge is 2.14. The van der Waals surface area contributed by atoms with Crippen LogP contribution in [0.15, 0.2) is 48.5 Å². The van der Waals surface area contributed by atoms with Crippen LogP contribution in [0.2, 0.25) is 0 Å². The molecule has 2 aromatic carbocycles. The average molecular weight is 341 g/mol. The zero-order chi connectivity index (χ0) is 18.2. The van der Waals surface area contributed by atoms with Gasteiger partial charge in [-0.25, -0.2) is 0 Å². The van der Waals surface area contributed by atoms with Crippen LogP contribution in [-0.4, -0.2) is 24.9 Å². The van der Waals surface area contributed by atoms with Gasteiger partial charge in [-0.05, 0) is 48.9 Å². The van der Waals surface area contributed by atoms with Crippen LogP contribution < -0.4 is 14.8 Å². The van der Waals surface area contributed by atoms with Gasteiger partial charge >= 0.3 is 0 Å². The number of hydrogen-bond donors (Lipinski definition) is 1. The summed E-state index contributed by atoms with van der Waals surface area (Å²) in [6.07, 6.45) is -0.171. The lowest BCUT2D eigenvalue weighted by molar-refractivity contribution is -0.127. The second-order valence-corrected chi connectivity index (χ2v) is 5.63. The summed E-state index contributed by atoms with van der Waals surface area (Å²) in [5.74, 6) is 1.21. The molecule has 0 heterocycles. The van der Waals surface area contributed by atoms with Crippen molar-refractivity contribution in [3.8, 4) is 11.5 Å². The van der Waals surface area contributed by atoms with E-state index in [0.717, 1.165) is 11.3 Å². The molecule has 25 heavy (non-hydrogen) atoms. The predicted octanol–water partition coefficient (Wildman–Crippen LogP) is 3.37. The molecule has 0 aliphatic carbocycles. The summed E-state index contributed by atoms with van der Waals surface area (Å²) in [4.78, 5) is 23.8. The Labute approximate surface area is 148 Å². The Bertz CT molecular complexity index is 707. The quantitative estimate of drug-likeness (QED) is 0.748. The van der Waals surface area contributed by atoms with E-state index in [4.69, 9.17) is 9.47 Å². The van der Waals surface area contributed by atoms with Gasteiger partial charge in [0.1, 0.15) is 11.5 Å². The van der Waals surface area contributed by atoms with Gasteiger partial charge in [-0.1, -0.05) is 19.1 Å². The predicted molar refractivity (Wildman–Crippen MR) is 96.0 cm³/mol. The summed E-state index contributed by atoms with van der Waals surface area (Å²) in [5, 5.41) is 2.84. The smallest absolute Gasteiger partial charge is 0.261 e. The number of nitrogens with one attached hydrogen (secondary N) is 1. The van der Waals surface area contributed by atoms with E-state index in [-0.39, 0.29) is 11.7 Å². The van der Waals surface area contributed by atoms with Gasteiger partial charge in [0.15, 0.2) is 11.9 Å². The van der Waals surface area contributed by atoms with Crippen LogP contribution in [0.25, 0.3) is 0 Å². The first kappa shape index (κ1) is 18.5. The van der Waals surface area contributed by atoms with Gasteiger partial charge in [-0.3, -0.25) is 9.59 Å². The summed E-state index contributed by atoms with van der Waals surface area (Å²) >= 11 is 0. The van der Waals surface area contributed by atoms with Crippen molar-refractivity contribution < 1.29 is 19.1 Å².